The molecular formula is C14H23N5. The van der Waals surface area contributed by atoms with E-state index in [2.05, 4.69) is 26.9 Å². The zero-order valence-electron chi connectivity index (χ0n) is 11.8. The van der Waals surface area contributed by atoms with Gasteiger partial charge in [-0.05, 0) is 38.0 Å². The van der Waals surface area contributed by atoms with Crippen molar-refractivity contribution in [1.29, 1.82) is 0 Å². The van der Waals surface area contributed by atoms with E-state index in [4.69, 9.17) is 4.98 Å². The number of hydrogen-bond donors (Lipinski definition) is 0. The molecule has 3 rings (SSSR count). The van der Waals surface area contributed by atoms with E-state index in [1.807, 2.05) is 6.20 Å². The van der Waals surface area contributed by atoms with E-state index in [1.165, 1.54) is 32.1 Å². The highest BCUT2D eigenvalue weighted by Gasteiger charge is 2.20. The second-order valence-corrected chi connectivity index (χ2v) is 5.86. The Morgan fingerprint density at radius 3 is 2.63 bits per heavy atom. The summed E-state index contributed by atoms with van der Waals surface area (Å²) in [6.45, 7) is 6.64. The normalized spacial score (nSPS) is 24.6. The fourth-order valence-electron chi connectivity index (χ4n) is 3.07. The van der Waals surface area contributed by atoms with Crippen LogP contribution in [0.15, 0.2) is 6.20 Å². The summed E-state index contributed by atoms with van der Waals surface area (Å²) >= 11 is 0. The standard InChI is InChI=1S/C14H23N5/c1-12-6-5-9-19(11-12)14-16-13(10-15-17-14)18-7-3-2-4-8-18/h10,12H,2-9,11H2,1H3. The monoisotopic (exact) mass is 261 g/mol. The van der Waals surface area contributed by atoms with Gasteiger partial charge in [0.2, 0.25) is 5.95 Å². The largest absolute Gasteiger partial charge is 0.355 e. The van der Waals surface area contributed by atoms with Crippen molar-refractivity contribution in [2.75, 3.05) is 36.0 Å². The Balaban J connectivity index is 1.75. The van der Waals surface area contributed by atoms with Gasteiger partial charge < -0.3 is 9.80 Å². The first-order chi connectivity index (χ1) is 9.33. The van der Waals surface area contributed by atoms with Crippen LogP contribution in [0.3, 0.4) is 0 Å². The smallest absolute Gasteiger partial charge is 0.247 e. The molecule has 0 bridgehead atoms. The predicted molar refractivity (Wildman–Crippen MR) is 76.5 cm³/mol. The Kier molecular flexibility index (Phi) is 3.80. The van der Waals surface area contributed by atoms with Crippen LogP contribution in [0.2, 0.25) is 0 Å². The average molecular weight is 261 g/mol. The predicted octanol–water partition coefficient (Wildman–Crippen LogP) is 2.10. The summed E-state index contributed by atoms with van der Waals surface area (Å²) < 4.78 is 0. The van der Waals surface area contributed by atoms with Crippen LogP contribution in [-0.2, 0) is 0 Å². The van der Waals surface area contributed by atoms with Gasteiger partial charge in [-0.15, -0.1) is 5.10 Å². The summed E-state index contributed by atoms with van der Waals surface area (Å²) in [6, 6.07) is 0. The zero-order chi connectivity index (χ0) is 13.1. The van der Waals surface area contributed by atoms with Crippen molar-refractivity contribution in [2.45, 2.75) is 39.0 Å². The lowest BCUT2D eigenvalue weighted by atomic mass is 10.0. The van der Waals surface area contributed by atoms with Crippen molar-refractivity contribution in [3.05, 3.63) is 6.20 Å². The van der Waals surface area contributed by atoms with Crippen molar-refractivity contribution >= 4 is 11.8 Å². The topological polar surface area (TPSA) is 45.2 Å². The number of rotatable bonds is 2. The van der Waals surface area contributed by atoms with E-state index < -0.39 is 0 Å². The maximum absolute atomic E-state index is 4.73. The minimum absolute atomic E-state index is 0.732. The second-order valence-electron chi connectivity index (χ2n) is 5.86. The first-order valence-electron chi connectivity index (χ1n) is 7.52. The molecule has 0 radical (unpaired) electrons. The molecule has 0 aromatic carbocycles. The summed E-state index contributed by atoms with van der Waals surface area (Å²) in [5.41, 5.74) is 0. The van der Waals surface area contributed by atoms with Gasteiger partial charge in [0.15, 0.2) is 5.82 Å². The fraction of sp³-hybridized carbons (Fsp3) is 0.786. The summed E-state index contributed by atoms with van der Waals surface area (Å²) in [5, 5.41) is 8.39. The molecule has 2 fully saturated rings. The highest BCUT2D eigenvalue weighted by Crippen LogP contribution is 2.22. The molecule has 1 unspecified atom stereocenters. The lowest BCUT2D eigenvalue weighted by Gasteiger charge is -2.32. The SMILES string of the molecule is CC1CCCN(c2nncc(N3CCCCC3)n2)C1. The van der Waals surface area contributed by atoms with Crippen molar-refractivity contribution in [2.24, 2.45) is 5.92 Å². The lowest BCUT2D eigenvalue weighted by Crippen LogP contribution is -2.36. The third-order valence-corrected chi connectivity index (χ3v) is 4.15. The third kappa shape index (κ3) is 2.96. The quantitative estimate of drug-likeness (QED) is 0.816. The third-order valence-electron chi connectivity index (χ3n) is 4.15. The molecule has 0 spiro atoms. The molecule has 3 heterocycles. The lowest BCUT2D eigenvalue weighted by molar-refractivity contribution is 0.440. The van der Waals surface area contributed by atoms with Gasteiger partial charge in [-0.1, -0.05) is 6.92 Å². The van der Waals surface area contributed by atoms with Crippen LogP contribution < -0.4 is 9.80 Å². The van der Waals surface area contributed by atoms with Crippen molar-refractivity contribution in [3.8, 4) is 0 Å². The molecule has 0 saturated carbocycles. The summed E-state index contributed by atoms with van der Waals surface area (Å²) in [5.74, 6) is 2.55. The van der Waals surface area contributed by atoms with Gasteiger partial charge in [0.1, 0.15) is 0 Å². The Hall–Kier alpha value is -1.39. The van der Waals surface area contributed by atoms with E-state index in [0.717, 1.165) is 43.9 Å². The first kappa shape index (κ1) is 12.6. The second kappa shape index (κ2) is 5.72. The van der Waals surface area contributed by atoms with Crippen LogP contribution in [0.1, 0.15) is 39.0 Å². The van der Waals surface area contributed by atoms with E-state index in [0.29, 0.717) is 0 Å². The Labute approximate surface area is 115 Å². The highest BCUT2D eigenvalue weighted by atomic mass is 15.4. The minimum atomic E-state index is 0.732. The number of hydrogen-bond acceptors (Lipinski definition) is 5. The van der Waals surface area contributed by atoms with Crippen molar-refractivity contribution in [1.82, 2.24) is 15.2 Å². The van der Waals surface area contributed by atoms with Crippen LogP contribution in [-0.4, -0.2) is 41.4 Å². The molecule has 5 heteroatoms. The van der Waals surface area contributed by atoms with Gasteiger partial charge in [-0.25, -0.2) is 0 Å². The van der Waals surface area contributed by atoms with Crippen molar-refractivity contribution < 1.29 is 0 Å². The van der Waals surface area contributed by atoms with Crippen LogP contribution >= 0.6 is 0 Å². The average Bonchev–Trinajstić information content (AvgIpc) is 2.48. The molecule has 0 amide bonds. The molecular weight excluding hydrogens is 238 g/mol. The van der Waals surface area contributed by atoms with E-state index >= 15 is 0 Å². The van der Waals surface area contributed by atoms with Gasteiger partial charge in [-0.3, -0.25) is 0 Å². The van der Waals surface area contributed by atoms with E-state index in [1.54, 1.807) is 0 Å². The van der Waals surface area contributed by atoms with Crippen LogP contribution in [0, 0.1) is 5.92 Å². The molecule has 1 aromatic heterocycles. The molecule has 2 aliphatic rings. The summed E-state index contributed by atoms with van der Waals surface area (Å²) in [4.78, 5) is 9.36. The highest BCUT2D eigenvalue weighted by molar-refractivity contribution is 5.42. The minimum Gasteiger partial charge on any atom is -0.355 e. The van der Waals surface area contributed by atoms with E-state index in [-0.39, 0.29) is 0 Å². The molecule has 0 N–H and O–H groups in total. The Morgan fingerprint density at radius 1 is 1.05 bits per heavy atom. The van der Waals surface area contributed by atoms with Crippen LogP contribution in [0.4, 0.5) is 11.8 Å². The number of aromatic nitrogens is 3. The number of nitrogens with zero attached hydrogens (tertiary/aromatic N) is 5. The Bertz CT molecular complexity index is 416. The molecule has 0 aliphatic carbocycles. The van der Waals surface area contributed by atoms with Crippen molar-refractivity contribution in [3.63, 3.8) is 0 Å². The maximum atomic E-state index is 4.73. The van der Waals surface area contributed by atoms with E-state index in [9.17, 15) is 0 Å². The van der Waals surface area contributed by atoms with Gasteiger partial charge in [-0.2, -0.15) is 10.1 Å². The summed E-state index contributed by atoms with van der Waals surface area (Å²) in [6.07, 6.45) is 8.22. The van der Waals surface area contributed by atoms with Gasteiger partial charge >= 0.3 is 0 Å². The fourth-order valence-corrected chi connectivity index (χ4v) is 3.07. The first-order valence-corrected chi connectivity index (χ1v) is 7.52. The molecule has 2 aliphatic heterocycles. The molecule has 104 valence electrons. The van der Waals surface area contributed by atoms with Gasteiger partial charge in [0, 0.05) is 26.2 Å². The molecule has 5 nitrogen and oxygen atoms in total. The molecule has 2 saturated heterocycles. The summed E-state index contributed by atoms with van der Waals surface area (Å²) in [7, 11) is 0. The van der Waals surface area contributed by atoms with Crippen LogP contribution in [0.25, 0.3) is 0 Å². The van der Waals surface area contributed by atoms with Crippen LogP contribution in [0.5, 0.6) is 0 Å². The zero-order valence-corrected chi connectivity index (χ0v) is 11.8. The molecule has 1 aromatic rings. The van der Waals surface area contributed by atoms with Gasteiger partial charge in [0.25, 0.3) is 0 Å². The number of anilines is 2. The Morgan fingerprint density at radius 2 is 1.84 bits per heavy atom. The molecule has 1 atom stereocenters. The maximum Gasteiger partial charge on any atom is 0.247 e. The van der Waals surface area contributed by atoms with Gasteiger partial charge in [0.05, 0.1) is 6.20 Å². The molecule has 19 heavy (non-hydrogen) atoms. The number of piperidine rings is 2.